The summed E-state index contributed by atoms with van der Waals surface area (Å²) in [6.45, 7) is 4.95. The minimum atomic E-state index is -0.844. The molecule has 6 heteroatoms. The lowest BCUT2D eigenvalue weighted by atomic mass is 10.0. The van der Waals surface area contributed by atoms with Crippen molar-refractivity contribution in [3.05, 3.63) is 24.3 Å². The quantitative estimate of drug-likeness (QED) is 0.0320. The van der Waals surface area contributed by atoms with Gasteiger partial charge in [-0.2, -0.15) is 0 Å². The van der Waals surface area contributed by atoms with Crippen LogP contribution < -0.4 is 5.32 Å². The van der Waals surface area contributed by atoms with E-state index in [0.717, 1.165) is 44.9 Å². The van der Waals surface area contributed by atoms with Gasteiger partial charge in [-0.15, -0.1) is 0 Å². The fourth-order valence-corrected chi connectivity index (χ4v) is 12.0. The molecule has 0 radical (unpaired) electrons. The molecule has 0 spiro atoms. The fourth-order valence-electron chi connectivity index (χ4n) is 12.0. The van der Waals surface area contributed by atoms with Gasteiger partial charge >= 0.3 is 5.97 Å². The largest absolute Gasteiger partial charge is 0.466 e. The molecule has 82 heavy (non-hydrogen) atoms. The fraction of sp³-hybridized carbons (Fsp3) is 0.921. The highest BCUT2D eigenvalue weighted by molar-refractivity contribution is 5.76. The monoisotopic (exact) mass is 1150 g/mol. The van der Waals surface area contributed by atoms with Gasteiger partial charge in [0.05, 0.1) is 25.4 Å². The van der Waals surface area contributed by atoms with E-state index in [9.17, 15) is 19.8 Å². The Balaban J connectivity index is 3.38. The van der Waals surface area contributed by atoms with Crippen LogP contribution in [0.4, 0.5) is 0 Å². The maximum atomic E-state index is 12.5. The van der Waals surface area contributed by atoms with Crippen molar-refractivity contribution in [1.29, 1.82) is 0 Å². The molecule has 0 aromatic carbocycles. The summed E-state index contributed by atoms with van der Waals surface area (Å²) in [6.07, 6.45) is 91.3. The molecule has 0 aromatic rings. The summed E-state index contributed by atoms with van der Waals surface area (Å²) in [7, 11) is 0. The number of aliphatic hydroxyl groups is 2. The lowest BCUT2D eigenvalue weighted by Crippen LogP contribution is -2.45. The molecule has 0 fully saturated rings. The molecule has 0 aliphatic carbocycles. The van der Waals surface area contributed by atoms with E-state index in [4.69, 9.17) is 4.74 Å². The maximum Gasteiger partial charge on any atom is 0.305 e. The van der Waals surface area contributed by atoms with Gasteiger partial charge in [0.15, 0.2) is 0 Å². The summed E-state index contributed by atoms with van der Waals surface area (Å²) < 4.78 is 5.50. The van der Waals surface area contributed by atoms with Crippen LogP contribution in [0, 0.1) is 0 Å². The number of rotatable bonds is 71. The average molecular weight is 1160 g/mol. The number of amides is 1. The summed E-state index contributed by atoms with van der Waals surface area (Å²) in [4.78, 5) is 24.6. The van der Waals surface area contributed by atoms with Crippen molar-refractivity contribution in [3.63, 3.8) is 0 Å². The highest BCUT2D eigenvalue weighted by Crippen LogP contribution is 2.19. The molecule has 0 rings (SSSR count). The summed E-state index contributed by atoms with van der Waals surface area (Å²) in [5.41, 5.74) is 0. The van der Waals surface area contributed by atoms with E-state index in [1.165, 1.54) is 353 Å². The topological polar surface area (TPSA) is 95.9 Å². The molecule has 0 bridgehead atoms. The van der Waals surface area contributed by atoms with Crippen LogP contribution >= 0.6 is 0 Å². The molecule has 0 aliphatic rings. The zero-order valence-electron chi connectivity index (χ0n) is 55.8. The van der Waals surface area contributed by atoms with Crippen molar-refractivity contribution in [3.8, 4) is 0 Å². The average Bonchev–Trinajstić information content (AvgIpc) is 3.48. The van der Waals surface area contributed by atoms with Crippen LogP contribution in [0.3, 0.4) is 0 Å². The van der Waals surface area contributed by atoms with Gasteiger partial charge in [-0.25, -0.2) is 0 Å². The molecule has 0 aliphatic heterocycles. The second kappa shape index (κ2) is 71.8. The van der Waals surface area contributed by atoms with Gasteiger partial charge in [0.2, 0.25) is 5.91 Å². The van der Waals surface area contributed by atoms with Crippen LogP contribution in [0.15, 0.2) is 24.3 Å². The van der Waals surface area contributed by atoms with E-state index in [1.54, 1.807) is 6.08 Å². The molecule has 2 unspecified atom stereocenters. The van der Waals surface area contributed by atoms with Crippen molar-refractivity contribution in [2.24, 2.45) is 0 Å². The number of allylic oxidation sites excluding steroid dienone is 3. The third-order valence-corrected chi connectivity index (χ3v) is 17.7. The molecule has 3 N–H and O–H groups in total. The number of esters is 1. The number of carbonyl (C=O) groups is 2. The second-order valence-electron chi connectivity index (χ2n) is 26.0. The Labute approximate surface area is 513 Å². The van der Waals surface area contributed by atoms with Crippen LogP contribution in [0.25, 0.3) is 0 Å². The van der Waals surface area contributed by atoms with Gasteiger partial charge in [0.1, 0.15) is 0 Å². The lowest BCUT2D eigenvalue weighted by molar-refractivity contribution is -0.143. The molecule has 0 saturated heterocycles. The zero-order chi connectivity index (χ0) is 59.2. The summed E-state index contributed by atoms with van der Waals surface area (Å²) in [5.74, 6) is -0.0505. The molecule has 6 nitrogen and oxygen atoms in total. The Bertz CT molecular complexity index is 1280. The van der Waals surface area contributed by atoms with E-state index in [2.05, 4.69) is 31.3 Å². The van der Waals surface area contributed by atoms with Crippen molar-refractivity contribution in [1.82, 2.24) is 5.32 Å². The summed E-state index contributed by atoms with van der Waals surface area (Å²) in [6, 6.07) is -0.627. The number of hydrogen-bond donors (Lipinski definition) is 3. The molecular formula is C76H147NO5. The van der Waals surface area contributed by atoms with Gasteiger partial charge in [-0.1, -0.05) is 378 Å². The first-order valence-electron chi connectivity index (χ1n) is 37.6. The van der Waals surface area contributed by atoms with Gasteiger partial charge in [-0.3, -0.25) is 9.59 Å². The van der Waals surface area contributed by atoms with Crippen molar-refractivity contribution >= 4 is 11.9 Å². The predicted molar refractivity (Wildman–Crippen MR) is 361 cm³/mol. The van der Waals surface area contributed by atoms with Gasteiger partial charge in [-0.05, 0) is 57.8 Å². The Kier molecular flexibility index (Phi) is 70.4. The molecule has 0 heterocycles. The number of nitrogens with one attached hydrogen (secondary N) is 1. The molecule has 0 saturated carbocycles. The molecule has 0 aromatic heterocycles. The van der Waals surface area contributed by atoms with E-state index < -0.39 is 12.1 Å². The first-order valence-corrected chi connectivity index (χ1v) is 37.6. The first kappa shape index (κ1) is 80.3. The molecule has 1 amide bonds. The van der Waals surface area contributed by atoms with Gasteiger partial charge in [0, 0.05) is 12.8 Å². The zero-order valence-corrected chi connectivity index (χ0v) is 55.8. The van der Waals surface area contributed by atoms with Crippen LogP contribution in [-0.2, 0) is 14.3 Å². The third-order valence-electron chi connectivity index (χ3n) is 17.7. The maximum absolute atomic E-state index is 12.5. The van der Waals surface area contributed by atoms with Crippen molar-refractivity contribution < 1.29 is 24.5 Å². The molecule has 486 valence electrons. The van der Waals surface area contributed by atoms with Crippen LogP contribution in [0.1, 0.15) is 425 Å². The normalized spacial score (nSPS) is 12.6. The lowest BCUT2D eigenvalue weighted by Gasteiger charge is -2.20. The number of hydrogen-bond acceptors (Lipinski definition) is 5. The minimum Gasteiger partial charge on any atom is -0.466 e. The van der Waals surface area contributed by atoms with Gasteiger partial charge < -0.3 is 20.3 Å². The predicted octanol–water partition coefficient (Wildman–Crippen LogP) is 24.5. The van der Waals surface area contributed by atoms with Crippen molar-refractivity contribution in [2.45, 2.75) is 437 Å². The van der Waals surface area contributed by atoms with E-state index in [1.807, 2.05) is 6.08 Å². The highest BCUT2D eigenvalue weighted by atomic mass is 16.5. The Hall–Kier alpha value is -1.66. The second-order valence-corrected chi connectivity index (χ2v) is 26.0. The number of ether oxygens (including phenoxy) is 1. The van der Waals surface area contributed by atoms with Crippen LogP contribution in [-0.4, -0.2) is 47.4 Å². The van der Waals surface area contributed by atoms with E-state index >= 15 is 0 Å². The number of aliphatic hydroxyl groups excluding tert-OH is 2. The molecule has 2 atom stereocenters. The van der Waals surface area contributed by atoms with Crippen LogP contribution in [0.5, 0.6) is 0 Å². The SMILES string of the molecule is CCCCCCCCC/C=C\CCCCCCCC(=O)OCCCCCCCCCCCCCCCCCCCCCCCCCCCCC(=O)NC(CO)C(O)/C=C/CCCCCCCCCCCCCCCCCCCCCCC. The Morgan fingerprint density at radius 1 is 0.329 bits per heavy atom. The highest BCUT2D eigenvalue weighted by Gasteiger charge is 2.18. The smallest absolute Gasteiger partial charge is 0.305 e. The van der Waals surface area contributed by atoms with E-state index in [0.29, 0.717) is 19.4 Å². The number of unbranched alkanes of at least 4 members (excludes halogenated alkanes) is 58. The Morgan fingerprint density at radius 2 is 0.573 bits per heavy atom. The van der Waals surface area contributed by atoms with Crippen molar-refractivity contribution in [2.75, 3.05) is 13.2 Å². The summed E-state index contributed by atoms with van der Waals surface area (Å²) >= 11 is 0. The summed E-state index contributed by atoms with van der Waals surface area (Å²) in [5, 5.41) is 23.3. The first-order chi connectivity index (χ1) is 40.5. The standard InChI is InChI=1S/C76H147NO5/c1-3-5-7-9-11-13-15-17-19-21-22-23-28-31-34-37-40-44-48-52-56-60-64-68-74(79)73(72-78)77-75(80)69-65-61-57-53-49-45-41-38-35-32-29-26-24-25-27-30-33-36-39-43-47-51-55-59-63-67-71-82-76(81)70-66-62-58-54-50-46-42-20-18-16-14-12-10-8-6-4-2/h20,42,64,68,73-74,78-79H,3-19,21-41,43-63,65-67,69-72H2,1-2H3,(H,77,80)/b42-20-,68-64+. The molecular weight excluding hydrogens is 1010 g/mol. The minimum absolute atomic E-state index is 0.0105. The Morgan fingerprint density at radius 3 is 0.866 bits per heavy atom. The van der Waals surface area contributed by atoms with E-state index in [-0.39, 0.29) is 18.5 Å². The van der Waals surface area contributed by atoms with Gasteiger partial charge in [0.25, 0.3) is 0 Å². The van der Waals surface area contributed by atoms with Crippen LogP contribution in [0.2, 0.25) is 0 Å². The third kappa shape index (κ3) is 67.5. The number of carbonyl (C=O) groups excluding carboxylic acids is 2.